The fourth-order valence-corrected chi connectivity index (χ4v) is 3.07. The highest BCUT2D eigenvalue weighted by Gasteiger charge is 2.16. The molecule has 3 N–H and O–H groups in total. The SMILES string of the molecule is Cc1csc(Nc2ccc(NC(=O)CC3COCCN3)cc2)n1. The Kier molecular flexibility index (Phi) is 5.22. The molecule has 0 radical (unpaired) electrons. The van der Waals surface area contributed by atoms with Gasteiger partial charge in [0.1, 0.15) is 0 Å². The fraction of sp³-hybridized carbons (Fsp3) is 0.375. The lowest BCUT2D eigenvalue weighted by Gasteiger charge is -2.23. The van der Waals surface area contributed by atoms with Crippen LogP contribution in [-0.2, 0) is 9.53 Å². The summed E-state index contributed by atoms with van der Waals surface area (Å²) in [7, 11) is 0. The number of hydrogen-bond acceptors (Lipinski definition) is 6. The van der Waals surface area contributed by atoms with Gasteiger partial charge in [-0.1, -0.05) is 0 Å². The van der Waals surface area contributed by atoms with Crippen molar-refractivity contribution < 1.29 is 9.53 Å². The Morgan fingerprint density at radius 1 is 1.39 bits per heavy atom. The van der Waals surface area contributed by atoms with Crippen molar-refractivity contribution in [3.05, 3.63) is 35.3 Å². The van der Waals surface area contributed by atoms with Gasteiger partial charge >= 0.3 is 0 Å². The topological polar surface area (TPSA) is 75.3 Å². The van der Waals surface area contributed by atoms with Crippen molar-refractivity contribution in [2.24, 2.45) is 0 Å². The molecular formula is C16H20N4O2S. The van der Waals surface area contributed by atoms with E-state index in [1.165, 1.54) is 0 Å². The monoisotopic (exact) mass is 332 g/mol. The molecule has 1 saturated heterocycles. The summed E-state index contributed by atoms with van der Waals surface area (Å²) in [5, 5.41) is 12.3. The highest BCUT2D eigenvalue weighted by Crippen LogP contribution is 2.22. The predicted molar refractivity (Wildman–Crippen MR) is 92.4 cm³/mol. The molecule has 23 heavy (non-hydrogen) atoms. The zero-order valence-corrected chi connectivity index (χ0v) is 13.8. The van der Waals surface area contributed by atoms with Crippen LogP contribution < -0.4 is 16.0 Å². The lowest BCUT2D eigenvalue weighted by Crippen LogP contribution is -2.43. The average molecular weight is 332 g/mol. The molecule has 0 spiro atoms. The number of aryl methyl sites for hydroxylation is 1. The summed E-state index contributed by atoms with van der Waals surface area (Å²) in [6.45, 7) is 4.07. The van der Waals surface area contributed by atoms with Crippen LogP contribution >= 0.6 is 11.3 Å². The first-order valence-corrected chi connectivity index (χ1v) is 8.47. The maximum atomic E-state index is 12.0. The molecule has 1 unspecified atom stereocenters. The minimum Gasteiger partial charge on any atom is -0.378 e. The first-order chi connectivity index (χ1) is 11.2. The number of ether oxygens (including phenoxy) is 1. The number of nitrogens with one attached hydrogen (secondary N) is 3. The molecule has 1 amide bonds. The second-order valence-electron chi connectivity index (χ2n) is 5.47. The van der Waals surface area contributed by atoms with E-state index in [9.17, 15) is 4.79 Å². The van der Waals surface area contributed by atoms with Gasteiger partial charge in [0, 0.05) is 35.8 Å². The number of thiazole rings is 1. The molecule has 6 nitrogen and oxygen atoms in total. The number of morpholine rings is 1. The van der Waals surface area contributed by atoms with Crippen molar-refractivity contribution in [2.75, 3.05) is 30.4 Å². The van der Waals surface area contributed by atoms with E-state index in [2.05, 4.69) is 20.9 Å². The van der Waals surface area contributed by atoms with Crippen LogP contribution in [0, 0.1) is 6.92 Å². The number of aromatic nitrogens is 1. The molecular weight excluding hydrogens is 312 g/mol. The number of hydrogen-bond donors (Lipinski definition) is 3. The molecule has 0 saturated carbocycles. The van der Waals surface area contributed by atoms with Crippen LogP contribution in [0.2, 0.25) is 0 Å². The van der Waals surface area contributed by atoms with Crippen molar-refractivity contribution in [2.45, 2.75) is 19.4 Å². The third-order valence-electron chi connectivity index (χ3n) is 3.47. The van der Waals surface area contributed by atoms with Gasteiger partial charge in [-0.15, -0.1) is 11.3 Å². The van der Waals surface area contributed by atoms with Crippen molar-refractivity contribution in [3.63, 3.8) is 0 Å². The quantitative estimate of drug-likeness (QED) is 0.784. The van der Waals surface area contributed by atoms with Crippen LogP contribution in [0.15, 0.2) is 29.6 Å². The van der Waals surface area contributed by atoms with Crippen LogP contribution in [0.5, 0.6) is 0 Å². The fourth-order valence-electron chi connectivity index (χ4n) is 2.36. The Bertz CT molecular complexity index is 650. The summed E-state index contributed by atoms with van der Waals surface area (Å²) >= 11 is 1.57. The van der Waals surface area contributed by atoms with Crippen molar-refractivity contribution in [1.29, 1.82) is 0 Å². The van der Waals surface area contributed by atoms with Gasteiger partial charge in [0.2, 0.25) is 5.91 Å². The molecule has 0 aliphatic carbocycles. The molecule has 2 heterocycles. The third-order valence-corrected chi connectivity index (χ3v) is 4.34. The highest BCUT2D eigenvalue weighted by atomic mass is 32.1. The summed E-state index contributed by atoms with van der Waals surface area (Å²) in [5.74, 6) is -0.00995. The second-order valence-corrected chi connectivity index (χ2v) is 6.33. The maximum Gasteiger partial charge on any atom is 0.226 e. The Labute approximate surface area is 139 Å². The molecule has 3 rings (SSSR count). The van der Waals surface area contributed by atoms with Gasteiger partial charge in [-0.05, 0) is 31.2 Å². The third kappa shape index (κ3) is 4.75. The first-order valence-electron chi connectivity index (χ1n) is 7.59. The average Bonchev–Trinajstić information content (AvgIpc) is 2.95. The van der Waals surface area contributed by atoms with Crippen LogP contribution in [0.4, 0.5) is 16.5 Å². The minimum absolute atomic E-state index is 0.00995. The summed E-state index contributed by atoms with van der Waals surface area (Å²) < 4.78 is 5.35. The van der Waals surface area contributed by atoms with Crippen molar-refractivity contribution in [1.82, 2.24) is 10.3 Å². The molecule has 1 atom stereocenters. The standard InChI is InChI=1S/C16H20N4O2S/c1-11-10-23-16(18-11)20-13-4-2-12(3-5-13)19-15(21)8-14-9-22-7-6-17-14/h2-5,10,14,17H,6-9H2,1H3,(H,18,20)(H,19,21). The highest BCUT2D eigenvalue weighted by molar-refractivity contribution is 7.13. The first kappa shape index (κ1) is 15.9. The molecule has 1 aromatic heterocycles. The van der Waals surface area contributed by atoms with E-state index in [0.29, 0.717) is 19.6 Å². The smallest absolute Gasteiger partial charge is 0.226 e. The molecule has 1 fully saturated rings. The number of nitrogens with zero attached hydrogens (tertiary/aromatic N) is 1. The minimum atomic E-state index is -0.00995. The Morgan fingerprint density at radius 3 is 2.83 bits per heavy atom. The largest absolute Gasteiger partial charge is 0.378 e. The molecule has 0 bridgehead atoms. The van der Waals surface area contributed by atoms with Crippen LogP contribution in [0.25, 0.3) is 0 Å². The molecule has 1 aliphatic rings. The van der Waals surface area contributed by atoms with Crippen molar-refractivity contribution >= 4 is 33.8 Å². The van der Waals surface area contributed by atoms with Gasteiger partial charge < -0.3 is 20.7 Å². The predicted octanol–water partition coefficient (Wildman–Crippen LogP) is 2.51. The lowest BCUT2D eigenvalue weighted by molar-refractivity contribution is -0.117. The summed E-state index contributed by atoms with van der Waals surface area (Å²) in [6, 6.07) is 7.71. The van der Waals surface area contributed by atoms with E-state index >= 15 is 0 Å². The number of benzene rings is 1. The molecule has 1 aliphatic heterocycles. The van der Waals surface area contributed by atoms with E-state index in [-0.39, 0.29) is 11.9 Å². The number of amides is 1. The Morgan fingerprint density at radius 2 is 2.17 bits per heavy atom. The van der Waals surface area contributed by atoms with Gasteiger partial charge in [-0.25, -0.2) is 4.98 Å². The van der Waals surface area contributed by atoms with Crippen LogP contribution in [0.1, 0.15) is 12.1 Å². The zero-order chi connectivity index (χ0) is 16.1. The Balaban J connectivity index is 1.51. The summed E-state index contributed by atoms with van der Waals surface area (Å²) in [6.07, 6.45) is 0.415. The molecule has 1 aromatic carbocycles. The van der Waals surface area contributed by atoms with Gasteiger partial charge in [0.15, 0.2) is 5.13 Å². The second kappa shape index (κ2) is 7.54. The number of carbonyl (C=O) groups is 1. The van der Waals surface area contributed by atoms with Gasteiger partial charge in [-0.3, -0.25) is 4.79 Å². The Hall–Kier alpha value is -1.96. The van der Waals surface area contributed by atoms with Crippen LogP contribution in [-0.4, -0.2) is 36.7 Å². The normalized spacial score (nSPS) is 17.7. The van der Waals surface area contributed by atoms with E-state index < -0.39 is 0 Å². The van der Waals surface area contributed by atoms with E-state index in [1.54, 1.807) is 11.3 Å². The maximum absolute atomic E-state index is 12.0. The van der Waals surface area contributed by atoms with Crippen molar-refractivity contribution in [3.8, 4) is 0 Å². The molecule has 2 aromatic rings. The van der Waals surface area contributed by atoms with Gasteiger partial charge in [-0.2, -0.15) is 0 Å². The van der Waals surface area contributed by atoms with Gasteiger partial charge in [0.05, 0.1) is 18.9 Å². The molecule has 122 valence electrons. The van der Waals surface area contributed by atoms with E-state index in [0.717, 1.165) is 28.7 Å². The lowest BCUT2D eigenvalue weighted by atomic mass is 10.2. The number of carbonyl (C=O) groups excluding carboxylic acids is 1. The molecule has 7 heteroatoms. The summed E-state index contributed by atoms with van der Waals surface area (Å²) in [5.41, 5.74) is 2.73. The summed E-state index contributed by atoms with van der Waals surface area (Å²) in [4.78, 5) is 16.4. The zero-order valence-electron chi connectivity index (χ0n) is 13.0. The van der Waals surface area contributed by atoms with Crippen LogP contribution in [0.3, 0.4) is 0 Å². The number of anilines is 3. The number of rotatable bonds is 5. The van der Waals surface area contributed by atoms with Gasteiger partial charge in [0.25, 0.3) is 0 Å². The van der Waals surface area contributed by atoms with E-state index in [1.807, 2.05) is 36.6 Å². The van der Waals surface area contributed by atoms with E-state index in [4.69, 9.17) is 4.74 Å².